The fourth-order valence-corrected chi connectivity index (χ4v) is 2.36. The van der Waals surface area contributed by atoms with Crippen LogP contribution in [-0.2, 0) is 9.59 Å². The second kappa shape index (κ2) is 5.07. The van der Waals surface area contributed by atoms with Gasteiger partial charge in [0.05, 0.1) is 0 Å². The summed E-state index contributed by atoms with van der Waals surface area (Å²) in [4.78, 5) is 25.5. The van der Waals surface area contributed by atoms with Crippen molar-refractivity contribution < 1.29 is 9.59 Å². The molecule has 4 heteroatoms. The van der Waals surface area contributed by atoms with Crippen LogP contribution in [-0.4, -0.2) is 35.8 Å². The van der Waals surface area contributed by atoms with Gasteiger partial charge in [0.15, 0.2) is 0 Å². The number of nitrogens with one attached hydrogen (secondary N) is 1. The van der Waals surface area contributed by atoms with Crippen LogP contribution in [0.15, 0.2) is 0 Å². The molecule has 0 spiro atoms. The molecular weight excluding hydrogens is 216 g/mol. The van der Waals surface area contributed by atoms with Crippen LogP contribution in [0, 0.1) is 11.8 Å². The molecule has 1 atom stereocenters. The Labute approximate surface area is 103 Å². The highest BCUT2D eigenvalue weighted by Gasteiger charge is 2.34. The predicted molar refractivity (Wildman–Crippen MR) is 65.3 cm³/mol. The Balaban J connectivity index is 1.78. The van der Waals surface area contributed by atoms with Gasteiger partial charge in [-0.25, -0.2) is 0 Å². The zero-order valence-electron chi connectivity index (χ0n) is 10.7. The lowest BCUT2D eigenvalue weighted by molar-refractivity contribution is -0.137. The van der Waals surface area contributed by atoms with Gasteiger partial charge in [0.25, 0.3) is 0 Å². The Kier molecular flexibility index (Phi) is 3.69. The van der Waals surface area contributed by atoms with E-state index >= 15 is 0 Å². The largest absolute Gasteiger partial charge is 0.351 e. The molecule has 96 valence electrons. The Morgan fingerprint density at radius 3 is 2.47 bits per heavy atom. The average molecular weight is 238 g/mol. The molecule has 1 saturated heterocycles. The van der Waals surface area contributed by atoms with Crippen LogP contribution < -0.4 is 5.32 Å². The first kappa shape index (κ1) is 12.4. The van der Waals surface area contributed by atoms with Crippen molar-refractivity contribution in [3.05, 3.63) is 0 Å². The van der Waals surface area contributed by atoms with E-state index in [1.807, 2.05) is 18.7 Å². The van der Waals surface area contributed by atoms with Crippen molar-refractivity contribution in [2.45, 2.75) is 45.6 Å². The Morgan fingerprint density at radius 2 is 1.94 bits per heavy atom. The van der Waals surface area contributed by atoms with E-state index in [0.717, 1.165) is 25.8 Å². The molecule has 1 unspecified atom stereocenters. The number of carbonyl (C=O) groups excluding carboxylic acids is 2. The van der Waals surface area contributed by atoms with E-state index in [1.54, 1.807) is 0 Å². The third-order valence-corrected chi connectivity index (χ3v) is 3.83. The van der Waals surface area contributed by atoms with E-state index in [0.29, 0.717) is 12.5 Å². The highest BCUT2D eigenvalue weighted by Crippen LogP contribution is 2.29. The maximum absolute atomic E-state index is 12.0. The number of hydrogen-bond donors (Lipinski definition) is 1. The smallest absolute Gasteiger partial charge is 0.225 e. The van der Waals surface area contributed by atoms with E-state index in [4.69, 9.17) is 0 Å². The summed E-state index contributed by atoms with van der Waals surface area (Å²) >= 11 is 0. The van der Waals surface area contributed by atoms with Crippen molar-refractivity contribution >= 4 is 11.8 Å². The maximum Gasteiger partial charge on any atom is 0.225 e. The van der Waals surface area contributed by atoms with Crippen molar-refractivity contribution in [3.63, 3.8) is 0 Å². The standard InChI is InChI=1S/C13H22N2O2/c1-9(2)12(16)14-11-6-7-15(8-11)13(17)10-4-3-5-10/h9-11H,3-8H2,1-2H3,(H,14,16). The molecular formula is C13H22N2O2. The van der Waals surface area contributed by atoms with E-state index in [9.17, 15) is 9.59 Å². The van der Waals surface area contributed by atoms with Gasteiger partial charge >= 0.3 is 0 Å². The molecule has 17 heavy (non-hydrogen) atoms. The summed E-state index contributed by atoms with van der Waals surface area (Å²) in [6, 6.07) is 0.161. The summed E-state index contributed by atoms with van der Waals surface area (Å²) in [5.41, 5.74) is 0. The highest BCUT2D eigenvalue weighted by molar-refractivity contribution is 5.81. The number of amides is 2. The van der Waals surface area contributed by atoms with Crippen LogP contribution in [0.4, 0.5) is 0 Å². The first-order chi connectivity index (χ1) is 8.08. The molecule has 0 aromatic carbocycles. The van der Waals surface area contributed by atoms with Gasteiger partial charge in [-0.05, 0) is 19.3 Å². The molecule has 1 saturated carbocycles. The molecule has 2 fully saturated rings. The molecule has 0 radical (unpaired) electrons. The van der Waals surface area contributed by atoms with Crippen molar-refractivity contribution in [2.75, 3.05) is 13.1 Å². The molecule has 0 bridgehead atoms. The normalized spacial score (nSPS) is 24.9. The monoisotopic (exact) mass is 238 g/mol. The van der Waals surface area contributed by atoms with Gasteiger partial charge in [0.1, 0.15) is 0 Å². The maximum atomic E-state index is 12.0. The molecule has 1 aliphatic carbocycles. The minimum Gasteiger partial charge on any atom is -0.351 e. The minimum atomic E-state index is 0.0198. The summed E-state index contributed by atoms with van der Waals surface area (Å²) < 4.78 is 0. The molecule has 2 amide bonds. The van der Waals surface area contributed by atoms with Gasteiger partial charge in [-0.3, -0.25) is 9.59 Å². The van der Waals surface area contributed by atoms with Gasteiger partial charge in [0.2, 0.25) is 11.8 Å². The zero-order chi connectivity index (χ0) is 12.4. The lowest BCUT2D eigenvalue weighted by atomic mass is 9.84. The summed E-state index contributed by atoms with van der Waals surface area (Å²) in [5.74, 6) is 0.687. The van der Waals surface area contributed by atoms with Crippen molar-refractivity contribution in [3.8, 4) is 0 Å². The highest BCUT2D eigenvalue weighted by atomic mass is 16.2. The second-order valence-electron chi connectivity index (χ2n) is 5.56. The lowest BCUT2D eigenvalue weighted by Gasteiger charge is -2.29. The van der Waals surface area contributed by atoms with E-state index < -0.39 is 0 Å². The van der Waals surface area contributed by atoms with Crippen molar-refractivity contribution in [1.82, 2.24) is 10.2 Å². The Bertz CT molecular complexity index is 311. The van der Waals surface area contributed by atoms with E-state index in [1.165, 1.54) is 6.42 Å². The van der Waals surface area contributed by atoms with Crippen LogP contribution in [0.5, 0.6) is 0 Å². The van der Waals surface area contributed by atoms with Crippen LogP contribution >= 0.6 is 0 Å². The number of carbonyl (C=O) groups is 2. The van der Waals surface area contributed by atoms with E-state index in [2.05, 4.69) is 5.32 Å². The first-order valence-corrected chi connectivity index (χ1v) is 6.67. The molecule has 2 rings (SSSR count). The predicted octanol–water partition coefficient (Wildman–Crippen LogP) is 1.16. The second-order valence-corrected chi connectivity index (χ2v) is 5.56. The van der Waals surface area contributed by atoms with Gasteiger partial charge < -0.3 is 10.2 Å². The fraction of sp³-hybridized carbons (Fsp3) is 0.846. The van der Waals surface area contributed by atoms with Crippen LogP contribution in [0.3, 0.4) is 0 Å². The number of likely N-dealkylation sites (tertiary alicyclic amines) is 1. The van der Waals surface area contributed by atoms with Crippen LogP contribution in [0.1, 0.15) is 39.5 Å². The summed E-state index contributed by atoms with van der Waals surface area (Å²) in [5, 5.41) is 3.01. The van der Waals surface area contributed by atoms with E-state index in [-0.39, 0.29) is 23.8 Å². The molecule has 1 aliphatic heterocycles. The fourth-order valence-electron chi connectivity index (χ4n) is 2.36. The van der Waals surface area contributed by atoms with Crippen molar-refractivity contribution in [1.29, 1.82) is 0 Å². The number of rotatable bonds is 3. The third kappa shape index (κ3) is 2.79. The quantitative estimate of drug-likeness (QED) is 0.802. The van der Waals surface area contributed by atoms with Gasteiger partial charge in [-0.2, -0.15) is 0 Å². The van der Waals surface area contributed by atoms with Crippen LogP contribution in [0.25, 0.3) is 0 Å². The third-order valence-electron chi connectivity index (χ3n) is 3.83. The average Bonchev–Trinajstić information content (AvgIpc) is 2.63. The number of nitrogens with zero attached hydrogens (tertiary/aromatic N) is 1. The minimum absolute atomic E-state index is 0.0198. The molecule has 0 aromatic heterocycles. The van der Waals surface area contributed by atoms with Gasteiger partial charge in [0, 0.05) is 31.0 Å². The molecule has 4 nitrogen and oxygen atoms in total. The molecule has 1 heterocycles. The molecule has 0 aromatic rings. The molecule has 2 aliphatic rings. The summed E-state index contributed by atoms with van der Waals surface area (Å²) in [7, 11) is 0. The Morgan fingerprint density at radius 1 is 1.24 bits per heavy atom. The Hall–Kier alpha value is -1.06. The first-order valence-electron chi connectivity index (χ1n) is 6.67. The lowest BCUT2D eigenvalue weighted by Crippen LogP contribution is -2.42. The number of hydrogen-bond acceptors (Lipinski definition) is 2. The van der Waals surface area contributed by atoms with Crippen LogP contribution in [0.2, 0.25) is 0 Å². The summed E-state index contributed by atoms with van der Waals surface area (Å²) in [6.45, 7) is 5.29. The zero-order valence-corrected chi connectivity index (χ0v) is 10.7. The van der Waals surface area contributed by atoms with Crippen molar-refractivity contribution in [2.24, 2.45) is 11.8 Å². The van der Waals surface area contributed by atoms with Gasteiger partial charge in [-0.1, -0.05) is 20.3 Å². The topological polar surface area (TPSA) is 49.4 Å². The molecule has 1 N–H and O–H groups in total. The van der Waals surface area contributed by atoms with Gasteiger partial charge in [-0.15, -0.1) is 0 Å². The SMILES string of the molecule is CC(C)C(=O)NC1CCN(C(=O)C2CCC2)C1. The summed E-state index contributed by atoms with van der Waals surface area (Å²) in [6.07, 6.45) is 4.20.